The number of carbonyl (C=O) groups is 1. The number of fused-ring (bicyclic) bond motifs is 2. The molecule has 25 heavy (non-hydrogen) atoms. The molecule has 0 radical (unpaired) electrons. The van der Waals surface area contributed by atoms with Gasteiger partial charge in [-0.2, -0.15) is 0 Å². The molecule has 1 aromatic carbocycles. The van der Waals surface area contributed by atoms with Gasteiger partial charge in [-0.25, -0.2) is 4.39 Å². The number of benzene rings is 1. The van der Waals surface area contributed by atoms with E-state index in [9.17, 15) is 9.18 Å². The Bertz CT molecular complexity index is 755. The molecule has 1 heterocycles. The number of hydrogen-bond donors (Lipinski definition) is 0. The summed E-state index contributed by atoms with van der Waals surface area (Å²) in [6.45, 7) is 2.23. The first kappa shape index (κ1) is 16.4. The third kappa shape index (κ3) is 3.35. The average molecular weight is 341 g/mol. The van der Waals surface area contributed by atoms with Crippen LogP contribution in [0.1, 0.15) is 43.4 Å². The van der Waals surface area contributed by atoms with Crippen LogP contribution in [0.3, 0.4) is 0 Å². The standard InChI is InChI=1S/C21H24FNO2/c1-14-9-18(22)6-7-20(14)23(13-19-3-2-8-25-19)21(24)12-17-11-15-4-5-16(17)10-15/h2-3,6-9,15-17H,4-5,10-13H2,1H3/t15-,16-,17-/m0/s1. The van der Waals surface area contributed by atoms with Gasteiger partial charge in [0, 0.05) is 12.1 Å². The van der Waals surface area contributed by atoms with Crippen molar-refractivity contribution in [1.29, 1.82) is 0 Å². The Kier molecular flexibility index (Phi) is 4.36. The van der Waals surface area contributed by atoms with Crippen molar-refractivity contribution in [3.8, 4) is 0 Å². The lowest BCUT2D eigenvalue weighted by Crippen LogP contribution is -2.33. The second-order valence-electron chi connectivity index (χ2n) is 7.63. The van der Waals surface area contributed by atoms with Gasteiger partial charge in [0.15, 0.2) is 0 Å². The van der Waals surface area contributed by atoms with Gasteiger partial charge >= 0.3 is 0 Å². The number of carbonyl (C=O) groups excluding carboxylic acids is 1. The molecule has 4 heteroatoms. The van der Waals surface area contributed by atoms with Crippen molar-refractivity contribution in [1.82, 2.24) is 0 Å². The molecule has 2 aromatic rings. The molecule has 0 saturated heterocycles. The van der Waals surface area contributed by atoms with E-state index in [1.165, 1.54) is 37.8 Å². The van der Waals surface area contributed by atoms with Gasteiger partial charge in [-0.3, -0.25) is 4.79 Å². The van der Waals surface area contributed by atoms with Gasteiger partial charge in [0.25, 0.3) is 0 Å². The van der Waals surface area contributed by atoms with Gasteiger partial charge < -0.3 is 9.32 Å². The van der Waals surface area contributed by atoms with Gasteiger partial charge in [-0.1, -0.05) is 6.42 Å². The van der Waals surface area contributed by atoms with Gasteiger partial charge in [0.2, 0.25) is 5.91 Å². The van der Waals surface area contributed by atoms with Crippen LogP contribution < -0.4 is 4.90 Å². The SMILES string of the molecule is Cc1cc(F)ccc1N(Cc1ccco1)C(=O)C[C@@H]1C[C@H]2CC[C@H]1C2. The number of amides is 1. The van der Waals surface area contributed by atoms with E-state index in [0.717, 1.165) is 22.9 Å². The van der Waals surface area contributed by atoms with Crippen LogP contribution in [0.4, 0.5) is 10.1 Å². The van der Waals surface area contributed by atoms with E-state index in [4.69, 9.17) is 4.42 Å². The zero-order valence-electron chi connectivity index (χ0n) is 14.6. The number of anilines is 1. The van der Waals surface area contributed by atoms with Crippen molar-refractivity contribution >= 4 is 11.6 Å². The van der Waals surface area contributed by atoms with Crippen molar-refractivity contribution < 1.29 is 13.6 Å². The fourth-order valence-electron chi connectivity index (χ4n) is 4.75. The van der Waals surface area contributed by atoms with Crippen molar-refractivity contribution in [2.45, 2.75) is 45.6 Å². The highest BCUT2D eigenvalue weighted by atomic mass is 19.1. The minimum Gasteiger partial charge on any atom is -0.467 e. The van der Waals surface area contributed by atoms with Gasteiger partial charge in [-0.05, 0) is 79.8 Å². The highest BCUT2D eigenvalue weighted by Crippen LogP contribution is 2.49. The average Bonchev–Trinajstić information content (AvgIpc) is 3.31. The monoisotopic (exact) mass is 341 g/mol. The van der Waals surface area contributed by atoms with E-state index < -0.39 is 0 Å². The lowest BCUT2D eigenvalue weighted by Gasteiger charge is -2.27. The highest BCUT2D eigenvalue weighted by Gasteiger charge is 2.40. The molecule has 2 saturated carbocycles. The second kappa shape index (κ2) is 6.66. The van der Waals surface area contributed by atoms with Crippen LogP contribution in [0.25, 0.3) is 0 Å². The maximum atomic E-state index is 13.5. The largest absolute Gasteiger partial charge is 0.467 e. The van der Waals surface area contributed by atoms with Crippen LogP contribution in [0.2, 0.25) is 0 Å². The fourth-order valence-corrected chi connectivity index (χ4v) is 4.75. The summed E-state index contributed by atoms with van der Waals surface area (Å²) in [6.07, 6.45) is 7.29. The Morgan fingerprint density at radius 2 is 2.16 bits per heavy atom. The molecule has 132 valence electrons. The van der Waals surface area contributed by atoms with Crippen molar-refractivity contribution in [3.63, 3.8) is 0 Å². The van der Waals surface area contributed by atoms with Crippen molar-refractivity contribution in [3.05, 3.63) is 53.7 Å². The molecular formula is C21H24FNO2. The molecular weight excluding hydrogens is 317 g/mol. The number of hydrogen-bond acceptors (Lipinski definition) is 2. The normalized spacial score (nSPS) is 24.6. The summed E-state index contributed by atoms with van der Waals surface area (Å²) in [6, 6.07) is 8.30. The fraction of sp³-hybridized carbons (Fsp3) is 0.476. The molecule has 3 nitrogen and oxygen atoms in total. The zero-order chi connectivity index (χ0) is 17.4. The number of halogens is 1. The van der Waals surface area contributed by atoms with Crippen LogP contribution in [0.5, 0.6) is 0 Å². The van der Waals surface area contributed by atoms with E-state index in [2.05, 4.69) is 0 Å². The molecule has 0 spiro atoms. The molecule has 2 fully saturated rings. The molecule has 1 aromatic heterocycles. The van der Waals surface area contributed by atoms with Gasteiger partial charge in [-0.15, -0.1) is 0 Å². The van der Waals surface area contributed by atoms with Crippen molar-refractivity contribution in [2.75, 3.05) is 4.90 Å². The van der Waals surface area contributed by atoms with Crippen LogP contribution >= 0.6 is 0 Å². The smallest absolute Gasteiger partial charge is 0.227 e. The molecule has 0 unspecified atom stereocenters. The van der Waals surface area contributed by atoms with Crippen LogP contribution in [0.15, 0.2) is 41.0 Å². The maximum absolute atomic E-state index is 13.5. The number of rotatable bonds is 5. The number of nitrogens with zero attached hydrogens (tertiary/aromatic N) is 1. The van der Waals surface area contributed by atoms with E-state index in [1.807, 2.05) is 19.1 Å². The molecule has 0 N–H and O–H groups in total. The number of aryl methyl sites for hydroxylation is 1. The van der Waals surface area contributed by atoms with E-state index in [0.29, 0.717) is 24.8 Å². The minimum absolute atomic E-state index is 0.114. The van der Waals surface area contributed by atoms with Crippen LogP contribution in [-0.4, -0.2) is 5.91 Å². The van der Waals surface area contributed by atoms with Gasteiger partial charge in [0.05, 0.1) is 12.8 Å². The molecule has 2 bridgehead atoms. The molecule has 2 aliphatic rings. The first-order valence-electron chi connectivity index (χ1n) is 9.19. The van der Waals surface area contributed by atoms with Crippen molar-refractivity contribution in [2.24, 2.45) is 17.8 Å². The minimum atomic E-state index is -0.278. The van der Waals surface area contributed by atoms with E-state index in [1.54, 1.807) is 17.2 Å². The first-order valence-corrected chi connectivity index (χ1v) is 9.19. The van der Waals surface area contributed by atoms with E-state index >= 15 is 0 Å². The summed E-state index contributed by atoms with van der Waals surface area (Å²) < 4.78 is 18.9. The Hall–Kier alpha value is -2.10. The summed E-state index contributed by atoms with van der Waals surface area (Å²) >= 11 is 0. The van der Waals surface area contributed by atoms with Crippen LogP contribution in [-0.2, 0) is 11.3 Å². The molecule has 2 aliphatic carbocycles. The topological polar surface area (TPSA) is 33.5 Å². The molecule has 1 amide bonds. The Morgan fingerprint density at radius 3 is 2.80 bits per heavy atom. The Morgan fingerprint density at radius 1 is 1.28 bits per heavy atom. The van der Waals surface area contributed by atoms with Crippen LogP contribution in [0, 0.1) is 30.5 Å². The summed E-state index contributed by atoms with van der Waals surface area (Å²) in [7, 11) is 0. The highest BCUT2D eigenvalue weighted by molar-refractivity contribution is 5.94. The summed E-state index contributed by atoms with van der Waals surface area (Å²) in [5, 5.41) is 0. The zero-order valence-corrected chi connectivity index (χ0v) is 14.6. The molecule has 3 atom stereocenters. The Labute approximate surface area is 147 Å². The quantitative estimate of drug-likeness (QED) is 0.759. The maximum Gasteiger partial charge on any atom is 0.227 e. The lowest BCUT2D eigenvalue weighted by molar-refractivity contribution is -0.120. The predicted molar refractivity (Wildman–Crippen MR) is 94.6 cm³/mol. The van der Waals surface area contributed by atoms with Gasteiger partial charge in [0.1, 0.15) is 11.6 Å². The first-order chi connectivity index (χ1) is 12.1. The predicted octanol–water partition coefficient (Wildman–Crippen LogP) is 5.09. The summed E-state index contributed by atoms with van der Waals surface area (Å²) in [5.41, 5.74) is 1.54. The Balaban J connectivity index is 1.57. The summed E-state index contributed by atoms with van der Waals surface area (Å²) in [5.74, 6) is 2.63. The lowest BCUT2D eigenvalue weighted by atomic mass is 9.86. The second-order valence-corrected chi connectivity index (χ2v) is 7.63. The third-order valence-electron chi connectivity index (χ3n) is 5.97. The summed E-state index contributed by atoms with van der Waals surface area (Å²) in [4.78, 5) is 14.9. The van der Waals surface area contributed by atoms with E-state index in [-0.39, 0.29) is 11.7 Å². The molecule has 0 aliphatic heterocycles. The number of furan rings is 1. The third-order valence-corrected chi connectivity index (χ3v) is 5.97. The molecule has 4 rings (SSSR count).